The van der Waals surface area contributed by atoms with Gasteiger partial charge in [-0.05, 0) is 34.2 Å². The SMILES string of the molecule is Nc1ccc(Cl)c(NS(=O)(=O)c2ccc([N+](=O)[O-])nc2)c1. The van der Waals surface area contributed by atoms with Crippen LogP contribution < -0.4 is 10.5 Å². The van der Waals surface area contributed by atoms with Crippen LogP contribution in [0.5, 0.6) is 0 Å². The number of rotatable bonds is 4. The molecular weight excluding hydrogens is 320 g/mol. The van der Waals surface area contributed by atoms with Gasteiger partial charge in [0.25, 0.3) is 10.0 Å². The van der Waals surface area contributed by atoms with Gasteiger partial charge in [-0.25, -0.2) is 8.42 Å². The summed E-state index contributed by atoms with van der Waals surface area (Å²) in [6.07, 6.45) is 0.890. The third kappa shape index (κ3) is 3.38. The molecule has 3 N–H and O–H groups in total. The second kappa shape index (κ2) is 5.54. The van der Waals surface area contributed by atoms with Crippen molar-refractivity contribution in [1.82, 2.24) is 4.98 Å². The summed E-state index contributed by atoms with van der Waals surface area (Å²) >= 11 is 5.87. The smallest absolute Gasteiger partial charge is 0.363 e. The highest BCUT2D eigenvalue weighted by molar-refractivity contribution is 7.92. The number of pyridine rings is 1. The van der Waals surface area contributed by atoms with Crippen LogP contribution in [-0.2, 0) is 10.0 Å². The highest BCUT2D eigenvalue weighted by Crippen LogP contribution is 2.26. The third-order valence-electron chi connectivity index (χ3n) is 2.45. The van der Waals surface area contributed by atoms with Crippen molar-refractivity contribution < 1.29 is 13.3 Å². The fourth-order valence-electron chi connectivity index (χ4n) is 1.46. The third-order valence-corrected chi connectivity index (χ3v) is 4.13. The number of nitro groups is 1. The molecule has 0 atom stereocenters. The molecule has 0 amide bonds. The monoisotopic (exact) mass is 328 g/mol. The lowest BCUT2D eigenvalue weighted by molar-refractivity contribution is -0.389. The van der Waals surface area contributed by atoms with Gasteiger partial charge in [0.2, 0.25) is 0 Å². The lowest BCUT2D eigenvalue weighted by Gasteiger charge is -2.09. The fourth-order valence-corrected chi connectivity index (χ4v) is 2.70. The zero-order valence-corrected chi connectivity index (χ0v) is 11.9. The Morgan fingerprint density at radius 2 is 2.00 bits per heavy atom. The molecule has 0 aliphatic rings. The molecule has 110 valence electrons. The largest absolute Gasteiger partial charge is 0.399 e. The van der Waals surface area contributed by atoms with Crippen LogP contribution in [-0.4, -0.2) is 18.3 Å². The van der Waals surface area contributed by atoms with Crippen molar-refractivity contribution in [2.75, 3.05) is 10.5 Å². The van der Waals surface area contributed by atoms with Crippen LogP contribution in [0.1, 0.15) is 0 Å². The molecule has 1 heterocycles. The molecule has 0 bridgehead atoms. The average Bonchev–Trinajstić information content (AvgIpc) is 2.43. The molecule has 2 rings (SSSR count). The van der Waals surface area contributed by atoms with E-state index >= 15 is 0 Å². The van der Waals surface area contributed by atoms with E-state index in [4.69, 9.17) is 17.3 Å². The van der Waals surface area contributed by atoms with Gasteiger partial charge in [-0.1, -0.05) is 11.6 Å². The van der Waals surface area contributed by atoms with E-state index < -0.39 is 20.8 Å². The first-order valence-electron chi connectivity index (χ1n) is 5.48. The zero-order chi connectivity index (χ0) is 15.6. The van der Waals surface area contributed by atoms with Crippen molar-refractivity contribution in [2.45, 2.75) is 4.90 Å². The number of hydrogen-bond acceptors (Lipinski definition) is 6. The number of sulfonamides is 1. The Bertz CT molecular complexity index is 792. The van der Waals surface area contributed by atoms with Crippen LogP contribution in [0.25, 0.3) is 0 Å². The normalized spacial score (nSPS) is 11.1. The molecule has 8 nitrogen and oxygen atoms in total. The number of nitrogens with one attached hydrogen (secondary N) is 1. The summed E-state index contributed by atoms with van der Waals surface area (Å²) in [5, 5.41) is 10.7. The molecule has 0 saturated carbocycles. The number of anilines is 2. The Kier molecular flexibility index (Phi) is 3.96. The van der Waals surface area contributed by atoms with Crippen molar-refractivity contribution in [1.29, 1.82) is 0 Å². The minimum Gasteiger partial charge on any atom is -0.399 e. The molecule has 2 aromatic rings. The van der Waals surface area contributed by atoms with Crippen LogP contribution >= 0.6 is 11.6 Å². The summed E-state index contributed by atoms with van der Waals surface area (Å²) < 4.78 is 26.5. The minimum atomic E-state index is -3.97. The first-order valence-corrected chi connectivity index (χ1v) is 7.34. The summed E-state index contributed by atoms with van der Waals surface area (Å²) in [6.45, 7) is 0. The van der Waals surface area contributed by atoms with Gasteiger partial charge in [0.05, 0.1) is 10.7 Å². The van der Waals surface area contributed by atoms with Crippen LogP contribution in [0, 0.1) is 10.1 Å². The molecule has 0 radical (unpaired) electrons. The van der Waals surface area contributed by atoms with Crippen molar-refractivity contribution in [2.24, 2.45) is 0 Å². The molecule has 0 aliphatic carbocycles. The summed E-state index contributed by atoms with van der Waals surface area (Å²) in [7, 11) is -3.97. The average molecular weight is 329 g/mol. The molecule has 0 fully saturated rings. The maximum Gasteiger partial charge on any atom is 0.363 e. The molecule has 10 heteroatoms. The zero-order valence-electron chi connectivity index (χ0n) is 10.4. The fraction of sp³-hybridized carbons (Fsp3) is 0. The summed E-state index contributed by atoms with van der Waals surface area (Å²) in [6, 6.07) is 6.40. The predicted octanol–water partition coefficient (Wildman–Crippen LogP) is 2.03. The van der Waals surface area contributed by atoms with Gasteiger partial charge in [-0.15, -0.1) is 0 Å². The van der Waals surface area contributed by atoms with Gasteiger partial charge in [0.15, 0.2) is 6.20 Å². The van der Waals surface area contributed by atoms with Gasteiger partial charge in [0.1, 0.15) is 4.90 Å². The maximum atomic E-state index is 12.1. The van der Waals surface area contributed by atoms with Crippen LogP contribution in [0.4, 0.5) is 17.2 Å². The van der Waals surface area contributed by atoms with Crippen molar-refractivity contribution in [3.05, 3.63) is 51.7 Å². The van der Waals surface area contributed by atoms with E-state index in [1.165, 1.54) is 18.2 Å². The van der Waals surface area contributed by atoms with E-state index in [0.29, 0.717) is 5.69 Å². The van der Waals surface area contributed by atoms with Crippen molar-refractivity contribution in [3.63, 3.8) is 0 Å². The first kappa shape index (κ1) is 15.0. The predicted molar refractivity (Wildman–Crippen MR) is 77.6 cm³/mol. The Morgan fingerprint density at radius 1 is 1.29 bits per heavy atom. The van der Waals surface area contributed by atoms with Crippen molar-refractivity contribution >= 4 is 38.8 Å². The summed E-state index contributed by atoms with van der Waals surface area (Å²) in [4.78, 5) is 13.0. The lowest BCUT2D eigenvalue weighted by atomic mass is 10.3. The number of benzene rings is 1. The molecular formula is C11H9ClN4O4S. The standard InChI is InChI=1S/C11H9ClN4O4S/c12-9-3-1-7(13)5-10(9)15-21(19,20)8-2-4-11(14-6-8)16(17)18/h1-6,15H,13H2. The number of nitrogens with two attached hydrogens (primary N) is 1. The van der Waals surface area contributed by atoms with E-state index in [9.17, 15) is 18.5 Å². The topological polar surface area (TPSA) is 128 Å². The molecule has 0 aliphatic heterocycles. The molecule has 0 unspecified atom stereocenters. The van der Waals surface area contributed by atoms with E-state index in [1.807, 2.05) is 0 Å². The quantitative estimate of drug-likeness (QED) is 0.502. The van der Waals surface area contributed by atoms with Gasteiger partial charge >= 0.3 is 5.82 Å². The summed E-state index contributed by atoms with van der Waals surface area (Å²) in [5.41, 5.74) is 6.00. The van der Waals surface area contributed by atoms with Crippen molar-refractivity contribution in [3.8, 4) is 0 Å². The Labute approximate surface area is 124 Å². The number of nitrogen functional groups attached to an aromatic ring is 1. The maximum absolute atomic E-state index is 12.1. The number of aromatic nitrogens is 1. The lowest BCUT2D eigenvalue weighted by Crippen LogP contribution is -2.14. The number of nitrogens with zero attached hydrogens (tertiary/aromatic N) is 2. The number of halogens is 1. The Balaban J connectivity index is 2.34. The highest BCUT2D eigenvalue weighted by atomic mass is 35.5. The van der Waals surface area contributed by atoms with Crippen LogP contribution in [0.2, 0.25) is 5.02 Å². The molecule has 1 aromatic heterocycles. The first-order chi connectivity index (χ1) is 9.79. The van der Waals surface area contributed by atoms with Gasteiger partial charge in [-0.2, -0.15) is 0 Å². The number of hydrogen-bond donors (Lipinski definition) is 2. The molecule has 21 heavy (non-hydrogen) atoms. The van der Waals surface area contributed by atoms with E-state index in [-0.39, 0.29) is 15.6 Å². The van der Waals surface area contributed by atoms with Gasteiger partial charge < -0.3 is 15.8 Å². The van der Waals surface area contributed by atoms with E-state index in [0.717, 1.165) is 18.3 Å². The second-order valence-electron chi connectivity index (χ2n) is 3.95. The van der Waals surface area contributed by atoms with Crippen LogP contribution in [0.15, 0.2) is 41.4 Å². The Morgan fingerprint density at radius 3 is 2.57 bits per heavy atom. The van der Waals surface area contributed by atoms with Crippen LogP contribution in [0.3, 0.4) is 0 Å². The summed E-state index contributed by atoms with van der Waals surface area (Å²) in [5.74, 6) is -0.448. The van der Waals surface area contributed by atoms with E-state index in [2.05, 4.69) is 9.71 Å². The second-order valence-corrected chi connectivity index (χ2v) is 6.04. The van der Waals surface area contributed by atoms with E-state index in [1.54, 1.807) is 0 Å². The molecule has 0 saturated heterocycles. The minimum absolute atomic E-state index is 0.106. The highest BCUT2D eigenvalue weighted by Gasteiger charge is 2.19. The molecule has 0 spiro atoms. The van der Waals surface area contributed by atoms with Gasteiger partial charge in [0, 0.05) is 11.8 Å². The van der Waals surface area contributed by atoms with Gasteiger partial charge in [-0.3, -0.25) is 4.72 Å². The molecule has 1 aromatic carbocycles. The Hall–Kier alpha value is -2.39.